The van der Waals surface area contributed by atoms with Gasteiger partial charge in [0.1, 0.15) is 11.5 Å². The number of hydrogen-bond acceptors (Lipinski definition) is 3. The Morgan fingerprint density at radius 3 is 2.20 bits per heavy atom. The second-order valence-corrected chi connectivity index (χ2v) is 5.76. The average molecular weight is 277 g/mol. The van der Waals surface area contributed by atoms with Gasteiger partial charge in [-0.3, -0.25) is 0 Å². The fourth-order valence-corrected chi connectivity index (χ4v) is 3.47. The highest BCUT2D eigenvalue weighted by atomic mass is 16.5. The Labute approximate surface area is 122 Å². The Hall–Kier alpha value is -1.22. The molecule has 0 unspecified atom stereocenters. The van der Waals surface area contributed by atoms with Crippen LogP contribution in [0.3, 0.4) is 0 Å². The summed E-state index contributed by atoms with van der Waals surface area (Å²) in [5, 5.41) is 0. The van der Waals surface area contributed by atoms with Gasteiger partial charge in [0.2, 0.25) is 0 Å². The summed E-state index contributed by atoms with van der Waals surface area (Å²) in [4.78, 5) is 0. The maximum Gasteiger partial charge on any atom is 0.126 e. The zero-order chi connectivity index (χ0) is 14.6. The first-order valence-electron chi connectivity index (χ1n) is 7.66. The third kappa shape index (κ3) is 2.64. The smallest absolute Gasteiger partial charge is 0.126 e. The van der Waals surface area contributed by atoms with Gasteiger partial charge in [-0.2, -0.15) is 0 Å². The van der Waals surface area contributed by atoms with E-state index < -0.39 is 0 Å². The summed E-state index contributed by atoms with van der Waals surface area (Å²) >= 11 is 0. The van der Waals surface area contributed by atoms with Crippen LogP contribution in [0.5, 0.6) is 11.5 Å². The van der Waals surface area contributed by atoms with Crippen LogP contribution < -0.4 is 15.2 Å². The highest BCUT2D eigenvalue weighted by molar-refractivity contribution is 5.50. The van der Waals surface area contributed by atoms with Gasteiger partial charge in [-0.05, 0) is 30.9 Å². The average Bonchev–Trinajstić information content (AvgIpc) is 2.54. The number of hydrogen-bond donors (Lipinski definition) is 1. The molecule has 3 heteroatoms. The fraction of sp³-hybridized carbons (Fsp3) is 0.647. The molecule has 1 aliphatic carbocycles. The molecule has 1 aliphatic rings. The minimum atomic E-state index is 0.0831. The first-order valence-corrected chi connectivity index (χ1v) is 7.66. The fourth-order valence-electron chi connectivity index (χ4n) is 3.47. The molecule has 0 atom stereocenters. The number of benzene rings is 1. The topological polar surface area (TPSA) is 44.5 Å². The third-order valence-electron chi connectivity index (χ3n) is 4.76. The molecule has 0 aliphatic heterocycles. The zero-order valence-corrected chi connectivity index (χ0v) is 13.0. The van der Waals surface area contributed by atoms with Gasteiger partial charge in [-0.25, -0.2) is 0 Å². The number of methoxy groups -OCH3 is 2. The summed E-state index contributed by atoms with van der Waals surface area (Å²) in [6.45, 7) is 2.85. The van der Waals surface area contributed by atoms with Crippen molar-refractivity contribution in [2.24, 2.45) is 5.73 Å². The first kappa shape index (κ1) is 15.2. The molecule has 1 aromatic rings. The maximum absolute atomic E-state index is 6.17. The van der Waals surface area contributed by atoms with Crippen LogP contribution in [0.15, 0.2) is 12.1 Å². The molecule has 112 valence electrons. The molecule has 20 heavy (non-hydrogen) atoms. The second-order valence-electron chi connectivity index (χ2n) is 5.76. The summed E-state index contributed by atoms with van der Waals surface area (Å²) in [7, 11) is 3.45. The number of nitrogens with two attached hydrogens (primary N) is 1. The molecule has 0 saturated heterocycles. The molecule has 1 fully saturated rings. The van der Waals surface area contributed by atoms with Crippen molar-refractivity contribution in [2.75, 3.05) is 20.8 Å². The molecular weight excluding hydrogens is 250 g/mol. The molecule has 1 aromatic carbocycles. The Bertz CT molecular complexity index is 451. The van der Waals surface area contributed by atoms with Crippen LogP contribution in [0.4, 0.5) is 0 Å². The predicted molar refractivity (Wildman–Crippen MR) is 82.7 cm³/mol. The van der Waals surface area contributed by atoms with Crippen LogP contribution >= 0.6 is 0 Å². The van der Waals surface area contributed by atoms with E-state index in [1.165, 1.54) is 30.4 Å². The minimum absolute atomic E-state index is 0.0831. The zero-order valence-electron chi connectivity index (χ0n) is 13.0. The Morgan fingerprint density at radius 2 is 1.70 bits per heavy atom. The molecule has 0 amide bonds. The van der Waals surface area contributed by atoms with E-state index in [2.05, 4.69) is 13.0 Å². The van der Waals surface area contributed by atoms with Gasteiger partial charge < -0.3 is 15.2 Å². The SMILES string of the molecule is CCc1cc(C2(CN)CCCCC2)c(OC)cc1OC. The lowest BCUT2D eigenvalue weighted by Crippen LogP contribution is -2.37. The van der Waals surface area contributed by atoms with Gasteiger partial charge in [-0.15, -0.1) is 0 Å². The Kier molecular flexibility index (Phi) is 4.92. The monoisotopic (exact) mass is 277 g/mol. The van der Waals surface area contributed by atoms with Crippen LogP contribution in [-0.2, 0) is 11.8 Å². The van der Waals surface area contributed by atoms with Gasteiger partial charge in [0.05, 0.1) is 14.2 Å². The van der Waals surface area contributed by atoms with Crippen molar-refractivity contribution in [3.05, 3.63) is 23.3 Å². The minimum Gasteiger partial charge on any atom is -0.496 e. The maximum atomic E-state index is 6.17. The highest BCUT2D eigenvalue weighted by Crippen LogP contribution is 2.44. The van der Waals surface area contributed by atoms with Crippen LogP contribution in [0.2, 0.25) is 0 Å². The molecule has 0 aromatic heterocycles. The van der Waals surface area contributed by atoms with Gasteiger partial charge in [0.25, 0.3) is 0 Å². The third-order valence-corrected chi connectivity index (χ3v) is 4.76. The van der Waals surface area contributed by atoms with E-state index in [0.717, 1.165) is 30.8 Å². The van der Waals surface area contributed by atoms with E-state index in [9.17, 15) is 0 Å². The molecule has 0 bridgehead atoms. The van der Waals surface area contributed by atoms with Crippen molar-refractivity contribution in [3.63, 3.8) is 0 Å². The van der Waals surface area contributed by atoms with E-state index >= 15 is 0 Å². The Morgan fingerprint density at radius 1 is 1.05 bits per heavy atom. The van der Waals surface area contributed by atoms with Crippen molar-refractivity contribution in [3.8, 4) is 11.5 Å². The van der Waals surface area contributed by atoms with Crippen molar-refractivity contribution in [1.29, 1.82) is 0 Å². The summed E-state index contributed by atoms with van der Waals surface area (Å²) in [5.41, 5.74) is 8.77. The van der Waals surface area contributed by atoms with Crippen LogP contribution in [-0.4, -0.2) is 20.8 Å². The molecule has 1 saturated carbocycles. The summed E-state index contributed by atoms with van der Waals surface area (Å²) < 4.78 is 11.1. The molecular formula is C17H27NO2. The molecule has 3 nitrogen and oxygen atoms in total. The largest absolute Gasteiger partial charge is 0.496 e. The lowest BCUT2D eigenvalue weighted by atomic mass is 9.69. The molecule has 0 spiro atoms. The summed E-state index contributed by atoms with van der Waals surface area (Å²) in [6.07, 6.45) is 7.12. The van der Waals surface area contributed by atoms with E-state index in [-0.39, 0.29) is 5.41 Å². The van der Waals surface area contributed by atoms with Gasteiger partial charge in [-0.1, -0.05) is 26.2 Å². The Balaban J connectivity index is 2.52. The van der Waals surface area contributed by atoms with Crippen LogP contribution in [0, 0.1) is 0 Å². The molecule has 2 rings (SSSR count). The van der Waals surface area contributed by atoms with Crippen molar-refractivity contribution < 1.29 is 9.47 Å². The lowest BCUT2D eigenvalue weighted by molar-refractivity contribution is 0.286. The first-order chi connectivity index (χ1) is 9.70. The van der Waals surface area contributed by atoms with Crippen molar-refractivity contribution in [2.45, 2.75) is 50.9 Å². The number of aryl methyl sites for hydroxylation is 1. The molecule has 0 radical (unpaired) electrons. The quantitative estimate of drug-likeness (QED) is 0.897. The summed E-state index contributed by atoms with van der Waals surface area (Å²) in [5.74, 6) is 1.84. The van der Waals surface area contributed by atoms with Crippen molar-refractivity contribution >= 4 is 0 Å². The second kappa shape index (κ2) is 6.49. The van der Waals surface area contributed by atoms with E-state index in [0.29, 0.717) is 6.54 Å². The normalized spacial score (nSPS) is 17.8. The van der Waals surface area contributed by atoms with Crippen LogP contribution in [0.1, 0.15) is 50.2 Å². The highest BCUT2D eigenvalue weighted by Gasteiger charge is 2.35. The standard InChI is InChI=1S/C17H27NO2/c1-4-13-10-14(16(20-3)11-15(13)19-2)17(12-18)8-6-5-7-9-17/h10-11H,4-9,12,18H2,1-3H3. The number of ether oxygens (including phenoxy) is 2. The predicted octanol–water partition coefficient (Wildman–Crippen LogP) is 3.43. The van der Waals surface area contributed by atoms with Crippen LogP contribution in [0.25, 0.3) is 0 Å². The molecule has 0 heterocycles. The van der Waals surface area contributed by atoms with Gasteiger partial charge in [0.15, 0.2) is 0 Å². The van der Waals surface area contributed by atoms with Gasteiger partial charge >= 0.3 is 0 Å². The van der Waals surface area contributed by atoms with Crippen molar-refractivity contribution in [1.82, 2.24) is 0 Å². The number of rotatable bonds is 5. The van der Waals surface area contributed by atoms with Gasteiger partial charge in [0, 0.05) is 23.6 Å². The summed E-state index contributed by atoms with van der Waals surface area (Å²) in [6, 6.07) is 4.29. The van der Waals surface area contributed by atoms with E-state index in [1.807, 2.05) is 6.07 Å². The van der Waals surface area contributed by atoms with E-state index in [4.69, 9.17) is 15.2 Å². The lowest BCUT2D eigenvalue weighted by Gasteiger charge is -2.38. The van der Waals surface area contributed by atoms with E-state index in [1.54, 1.807) is 14.2 Å². The molecule has 2 N–H and O–H groups in total.